The highest BCUT2D eigenvalue weighted by Crippen LogP contribution is 2.25. The Labute approximate surface area is 128 Å². The van der Waals surface area contributed by atoms with Gasteiger partial charge in [-0.3, -0.25) is 4.79 Å². The Morgan fingerprint density at radius 3 is 2.71 bits per heavy atom. The monoisotopic (exact) mass is 296 g/mol. The van der Waals surface area contributed by atoms with Crippen molar-refractivity contribution in [2.45, 2.75) is 18.7 Å². The van der Waals surface area contributed by atoms with Crippen molar-refractivity contribution in [2.24, 2.45) is 0 Å². The van der Waals surface area contributed by atoms with Crippen molar-refractivity contribution in [1.82, 2.24) is 0 Å². The van der Waals surface area contributed by atoms with Crippen LogP contribution in [0.2, 0.25) is 0 Å². The number of hydrogen-bond acceptors (Lipinski definition) is 3. The minimum Gasteiger partial charge on any atom is -0.453 e. The van der Waals surface area contributed by atoms with E-state index in [4.69, 9.17) is 4.42 Å². The van der Waals surface area contributed by atoms with E-state index in [1.165, 1.54) is 5.56 Å². The SMILES string of the molecule is Cc1ccc2oc(C(=O)CSc3ccccc3C)cc2c1. The van der Waals surface area contributed by atoms with Gasteiger partial charge in [0, 0.05) is 10.3 Å². The van der Waals surface area contributed by atoms with Crippen molar-refractivity contribution < 1.29 is 9.21 Å². The van der Waals surface area contributed by atoms with Gasteiger partial charge in [-0.2, -0.15) is 0 Å². The number of carbonyl (C=O) groups is 1. The molecule has 21 heavy (non-hydrogen) atoms. The summed E-state index contributed by atoms with van der Waals surface area (Å²) in [5, 5.41) is 0.985. The third-order valence-corrected chi connectivity index (χ3v) is 4.57. The lowest BCUT2D eigenvalue weighted by atomic mass is 10.2. The van der Waals surface area contributed by atoms with Crippen LogP contribution in [0.4, 0.5) is 0 Å². The maximum absolute atomic E-state index is 12.3. The predicted octanol–water partition coefficient (Wildman–Crippen LogP) is 5.02. The Hall–Kier alpha value is -2.00. The summed E-state index contributed by atoms with van der Waals surface area (Å²) in [6.45, 7) is 4.08. The number of rotatable bonds is 4. The van der Waals surface area contributed by atoms with E-state index >= 15 is 0 Å². The number of fused-ring (bicyclic) bond motifs is 1. The summed E-state index contributed by atoms with van der Waals surface area (Å²) in [4.78, 5) is 13.4. The summed E-state index contributed by atoms with van der Waals surface area (Å²) in [6, 6.07) is 15.9. The number of thioether (sulfide) groups is 1. The molecule has 0 radical (unpaired) electrons. The minimum atomic E-state index is 0.0251. The molecule has 0 bridgehead atoms. The number of furan rings is 1. The summed E-state index contributed by atoms with van der Waals surface area (Å²) in [6.07, 6.45) is 0. The van der Waals surface area contributed by atoms with Gasteiger partial charge >= 0.3 is 0 Å². The number of aryl methyl sites for hydroxylation is 2. The third kappa shape index (κ3) is 3.03. The van der Waals surface area contributed by atoms with Gasteiger partial charge in [0.2, 0.25) is 5.78 Å². The normalized spacial score (nSPS) is 11.0. The first-order chi connectivity index (χ1) is 10.1. The lowest BCUT2D eigenvalue weighted by Gasteiger charge is -2.03. The van der Waals surface area contributed by atoms with Crippen molar-refractivity contribution in [1.29, 1.82) is 0 Å². The van der Waals surface area contributed by atoms with Crippen LogP contribution in [0.25, 0.3) is 11.0 Å². The zero-order valence-electron chi connectivity index (χ0n) is 12.1. The Bertz CT molecular complexity index is 802. The summed E-state index contributed by atoms with van der Waals surface area (Å²) in [5.41, 5.74) is 3.12. The fraction of sp³-hybridized carbons (Fsp3) is 0.167. The Kier molecular flexibility index (Phi) is 3.84. The molecule has 0 unspecified atom stereocenters. The summed E-state index contributed by atoms with van der Waals surface area (Å²) >= 11 is 1.55. The first-order valence-corrected chi connectivity index (χ1v) is 7.84. The molecule has 2 nitrogen and oxygen atoms in total. The molecule has 3 aromatic rings. The average Bonchev–Trinajstić information content (AvgIpc) is 2.89. The molecule has 0 N–H and O–H groups in total. The number of benzene rings is 2. The molecule has 0 spiro atoms. The average molecular weight is 296 g/mol. The van der Waals surface area contributed by atoms with E-state index in [2.05, 4.69) is 13.0 Å². The van der Waals surface area contributed by atoms with Crippen LogP contribution in [0.3, 0.4) is 0 Å². The van der Waals surface area contributed by atoms with Gasteiger partial charge in [-0.1, -0.05) is 29.8 Å². The zero-order valence-corrected chi connectivity index (χ0v) is 12.9. The quantitative estimate of drug-likeness (QED) is 0.500. The summed E-state index contributed by atoms with van der Waals surface area (Å²) < 4.78 is 5.64. The lowest BCUT2D eigenvalue weighted by molar-refractivity contribution is 0.0994. The topological polar surface area (TPSA) is 30.2 Å². The molecule has 1 heterocycles. The molecule has 106 valence electrons. The Balaban J connectivity index is 1.76. The molecule has 2 aromatic carbocycles. The van der Waals surface area contributed by atoms with Crippen LogP contribution < -0.4 is 0 Å². The van der Waals surface area contributed by atoms with Gasteiger partial charge in [0.05, 0.1) is 5.75 Å². The molecule has 0 fully saturated rings. The van der Waals surface area contributed by atoms with Crippen molar-refractivity contribution in [3.63, 3.8) is 0 Å². The second-order valence-electron chi connectivity index (χ2n) is 5.13. The van der Waals surface area contributed by atoms with E-state index in [0.29, 0.717) is 11.5 Å². The lowest BCUT2D eigenvalue weighted by Crippen LogP contribution is -2.00. The highest BCUT2D eigenvalue weighted by Gasteiger charge is 2.13. The molecule has 0 aliphatic rings. The molecular weight excluding hydrogens is 280 g/mol. The van der Waals surface area contributed by atoms with Crippen molar-refractivity contribution in [2.75, 3.05) is 5.75 Å². The van der Waals surface area contributed by atoms with Gasteiger partial charge in [-0.05, 0) is 43.7 Å². The molecule has 3 rings (SSSR count). The smallest absolute Gasteiger partial charge is 0.208 e. The van der Waals surface area contributed by atoms with Crippen LogP contribution in [0.1, 0.15) is 21.7 Å². The second kappa shape index (κ2) is 5.78. The zero-order chi connectivity index (χ0) is 14.8. The van der Waals surface area contributed by atoms with Gasteiger partial charge in [0.25, 0.3) is 0 Å². The Morgan fingerprint density at radius 2 is 1.90 bits per heavy atom. The fourth-order valence-corrected chi connectivity index (χ4v) is 3.13. The van der Waals surface area contributed by atoms with Crippen LogP contribution in [-0.2, 0) is 0 Å². The summed E-state index contributed by atoms with van der Waals surface area (Å²) in [5.74, 6) is 0.859. The van der Waals surface area contributed by atoms with Gasteiger partial charge in [0.1, 0.15) is 5.58 Å². The second-order valence-corrected chi connectivity index (χ2v) is 6.15. The van der Waals surface area contributed by atoms with E-state index in [0.717, 1.165) is 21.4 Å². The molecular formula is C18H16O2S. The van der Waals surface area contributed by atoms with E-state index in [-0.39, 0.29) is 5.78 Å². The van der Waals surface area contributed by atoms with E-state index in [9.17, 15) is 4.79 Å². The number of carbonyl (C=O) groups excluding carboxylic acids is 1. The molecule has 0 aliphatic carbocycles. The largest absolute Gasteiger partial charge is 0.453 e. The summed E-state index contributed by atoms with van der Waals surface area (Å²) in [7, 11) is 0. The van der Waals surface area contributed by atoms with E-state index in [1.54, 1.807) is 11.8 Å². The van der Waals surface area contributed by atoms with Crippen LogP contribution in [0.15, 0.2) is 57.8 Å². The minimum absolute atomic E-state index is 0.0251. The van der Waals surface area contributed by atoms with Gasteiger partial charge in [-0.15, -0.1) is 11.8 Å². The molecule has 0 saturated heterocycles. The van der Waals surface area contributed by atoms with E-state index in [1.807, 2.05) is 49.4 Å². The van der Waals surface area contributed by atoms with Crippen LogP contribution in [-0.4, -0.2) is 11.5 Å². The van der Waals surface area contributed by atoms with Crippen molar-refractivity contribution >= 4 is 28.5 Å². The third-order valence-electron chi connectivity index (χ3n) is 3.40. The maximum Gasteiger partial charge on any atom is 0.208 e. The van der Waals surface area contributed by atoms with Gasteiger partial charge < -0.3 is 4.42 Å². The van der Waals surface area contributed by atoms with Crippen LogP contribution in [0.5, 0.6) is 0 Å². The highest BCUT2D eigenvalue weighted by atomic mass is 32.2. The molecule has 0 aliphatic heterocycles. The number of ketones is 1. The molecule has 0 amide bonds. The standard InChI is InChI=1S/C18H16O2S/c1-12-7-8-16-14(9-12)10-17(20-16)15(19)11-21-18-6-4-3-5-13(18)2/h3-10H,11H2,1-2H3. The molecule has 0 atom stereocenters. The molecule has 3 heteroatoms. The Morgan fingerprint density at radius 1 is 1.10 bits per heavy atom. The van der Waals surface area contributed by atoms with Crippen molar-refractivity contribution in [3.8, 4) is 0 Å². The van der Waals surface area contributed by atoms with Crippen LogP contribution >= 0.6 is 11.8 Å². The molecule has 0 saturated carbocycles. The predicted molar refractivity (Wildman–Crippen MR) is 87.2 cm³/mol. The van der Waals surface area contributed by atoms with Crippen molar-refractivity contribution in [3.05, 3.63) is 65.4 Å². The number of Topliss-reactive ketones (excluding diaryl/α,β-unsaturated/α-hetero) is 1. The van der Waals surface area contributed by atoms with Gasteiger partial charge in [0.15, 0.2) is 5.76 Å². The van der Waals surface area contributed by atoms with Crippen LogP contribution in [0, 0.1) is 13.8 Å². The van der Waals surface area contributed by atoms with E-state index < -0.39 is 0 Å². The highest BCUT2D eigenvalue weighted by molar-refractivity contribution is 8.00. The maximum atomic E-state index is 12.3. The van der Waals surface area contributed by atoms with Gasteiger partial charge in [-0.25, -0.2) is 0 Å². The first kappa shape index (κ1) is 14.0. The first-order valence-electron chi connectivity index (χ1n) is 6.85. The number of hydrogen-bond donors (Lipinski definition) is 0. The molecule has 1 aromatic heterocycles. The fourth-order valence-electron chi connectivity index (χ4n) is 2.23.